The average molecular weight is 302 g/mol. The topological polar surface area (TPSA) is 66.0 Å². The quantitative estimate of drug-likeness (QED) is 0.804. The van der Waals surface area contributed by atoms with Gasteiger partial charge in [0.2, 0.25) is 0 Å². The number of rotatable bonds is 4. The van der Waals surface area contributed by atoms with Crippen LogP contribution in [0.5, 0.6) is 5.75 Å². The second kappa shape index (κ2) is 5.46. The third-order valence-electron chi connectivity index (χ3n) is 3.49. The molecule has 3 heterocycles. The van der Waals surface area contributed by atoms with Gasteiger partial charge in [-0.05, 0) is 36.9 Å². The second-order valence-electron chi connectivity index (χ2n) is 5.19. The molecule has 0 aromatic carbocycles. The number of nitrogens with two attached hydrogens (primary N) is 1. The highest BCUT2D eigenvalue weighted by Crippen LogP contribution is 2.31. The minimum absolute atomic E-state index is 0.216. The summed E-state index contributed by atoms with van der Waals surface area (Å²) in [6, 6.07) is 4.00. The number of hydrogen-bond acceptors (Lipinski definition) is 5. The highest BCUT2D eigenvalue weighted by Gasteiger charge is 2.22. The molecule has 21 heavy (non-hydrogen) atoms. The van der Waals surface area contributed by atoms with Crippen LogP contribution in [0, 0.1) is 0 Å². The third-order valence-corrected chi connectivity index (χ3v) is 4.34. The van der Waals surface area contributed by atoms with Crippen LogP contribution in [0.2, 0.25) is 0 Å². The van der Waals surface area contributed by atoms with Crippen molar-refractivity contribution >= 4 is 21.6 Å². The van der Waals surface area contributed by atoms with Crippen LogP contribution in [-0.2, 0) is 0 Å². The van der Waals surface area contributed by atoms with Crippen molar-refractivity contribution in [2.45, 2.75) is 25.9 Å². The summed E-state index contributed by atoms with van der Waals surface area (Å²) in [6.07, 6.45) is 3.54. The van der Waals surface area contributed by atoms with E-state index in [2.05, 4.69) is 30.0 Å². The van der Waals surface area contributed by atoms with E-state index in [9.17, 15) is 0 Å². The second-order valence-corrected chi connectivity index (χ2v) is 6.13. The molecular weight excluding hydrogens is 284 g/mol. The fraction of sp³-hybridized carbons (Fsp3) is 0.333. The summed E-state index contributed by atoms with van der Waals surface area (Å²) in [5.41, 5.74) is 9.30. The predicted octanol–water partition coefficient (Wildman–Crippen LogP) is 3.13. The van der Waals surface area contributed by atoms with Gasteiger partial charge in [0.1, 0.15) is 5.69 Å². The Balaban J connectivity index is 2.08. The van der Waals surface area contributed by atoms with E-state index in [-0.39, 0.29) is 12.1 Å². The molecule has 1 unspecified atom stereocenters. The molecule has 0 aliphatic rings. The Morgan fingerprint density at radius 1 is 1.33 bits per heavy atom. The monoisotopic (exact) mass is 302 g/mol. The van der Waals surface area contributed by atoms with Crippen LogP contribution >= 0.6 is 11.3 Å². The van der Waals surface area contributed by atoms with Gasteiger partial charge in [-0.15, -0.1) is 11.3 Å². The van der Waals surface area contributed by atoms with Crippen LogP contribution < -0.4 is 10.5 Å². The van der Waals surface area contributed by atoms with Gasteiger partial charge >= 0.3 is 0 Å². The molecule has 0 amide bonds. The maximum Gasteiger partial charge on any atom is 0.161 e. The standard InChI is InChI=1S/C15H18N4OS/c1-9(2)19-15(12(20-3)8-18-19)14(16)10-6-13-11(17-7-10)4-5-21-13/h4-9,14H,16H2,1-3H3. The number of fused-ring (bicyclic) bond motifs is 1. The molecule has 3 rings (SSSR count). The number of thiophene rings is 1. The third kappa shape index (κ3) is 2.41. The molecule has 2 N–H and O–H groups in total. The number of pyridine rings is 1. The normalized spacial score (nSPS) is 13.0. The summed E-state index contributed by atoms with van der Waals surface area (Å²) in [5.74, 6) is 0.711. The Hall–Kier alpha value is -1.92. The molecule has 0 radical (unpaired) electrons. The van der Waals surface area contributed by atoms with Crippen molar-refractivity contribution in [2.24, 2.45) is 5.73 Å². The summed E-state index contributed by atoms with van der Waals surface area (Å²) < 4.78 is 8.45. The van der Waals surface area contributed by atoms with Crippen LogP contribution in [0.15, 0.2) is 29.9 Å². The number of ether oxygens (including phenoxy) is 1. The van der Waals surface area contributed by atoms with Gasteiger partial charge in [-0.3, -0.25) is 9.67 Å². The van der Waals surface area contributed by atoms with Gasteiger partial charge in [-0.25, -0.2) is 0 Å². The van der Waals surface area contributed by atoms with E-state index in [4.69, 9.17) is 10.5 Å². The van der Waals surface area contributed by atoms with Gasteiger partial charge in [-0.1, -0.05) is 0 Å². The summed E-state index contributed by atoms with van der Waals surface area (Å²) in [6.45, 7) is 4.15. The molecule has 110 valence electrons. The molecule has 3 aromatic rings. The number of nitrogens with zero attached hydrogens (tertiary/aromatic N) is 3. The van der Waals surface area contributed by atoms with Gasteiger partial charge in [-0.2, -0.15) is 5.10 Å². The van der Waals surface area contributed by atoms with Gasteiger partial charge in [0.05, 0.1) is 29.6 Å². The lowest BCUT2D eigenvalue weighted by Gasteiger charge is -2.18. The minimum Gasteiger partial charge on any atom is -0.493 e. The molecule has 0 fully saturated rings. The van der Waals surface area contributed by atoms with E-state index in [1.54, 1.807) is 24.6 Å². The zero-order chi connectivity index (χ0) is 15.0. The summed E-state index contributed by atoms with van der Waals surface area (Å²) in [4.78, 5) is 4.46. The van der Waals surface area contributed by atoms with Crippen LogP contribution in [0.4, 0.5) is 0 Å². The average Bonchev–Trinajstić information content (AvgIpc) is 3.11. The lowest BCUT2D eigenvalue weighted by atomic mass is 10.1. The van der Waals surface area contributed by atoms with Crippen molar-refractivity contribution in [3.63, 3.8) is 0 Å². The van der Waals surface area contributed by atoms with E-state index in [1.165, 1.54) is 0 Å². The maximum atomic E-state index is 6.46. The first-order valence-electron chi connectivity index (χ1n) is 6.82. The Morgan fingerprint density at radius 2 is 2.14 bits per heavy atom. The Morgan fingerprint density at radius 3 is 2.86 bits per heavy atom. The van der Waals surface area contributed by atoms with Gasteiger partial charge in [0.25, 0.3) is 0 Å². The Bertz CT molecular complexity index is 762. The molecule has 3 aromatic heterocycles. The smallest absolute Gasteiger partial charge is 0.161 e. The van der Waals surface area contributed by atoms with Crippen molar-refractivity contribution in [1.82, 2.24) is 14.8 Å². The number of hydrogen-bond donors (Lipinski definition) is 1. The largest absolute Gasteiger partial charge is 0.493 e. The lowest BCUT2D eigenvalue weighted by Crippen LogP contribution is -2.19. The summed E-state index contributed by atoms with van der Waals surface area (Å²) >= 11 is 1.66. The van der Waals surface area contributed by atoms with Crippen LogP contribution in [0.1, 0.15) is 37.2 Å². The molecule has 0 bridgehead atoms. The predicted molar refractivity (Wildman–Crippen MR) is 84.8 cm³/mol. The first-order valence-corrected chi connectivity index (χ1v) is 7.70. The molecule has 0 saturated carbocycles. The first-order chi connectivity index (χ1) is 10.1. The molecule has 0 aliphatic heterocycles. The van der Waals surface area contributed by atoms with Crippen LogP contribution in [0.25, 0.3) is 10.2 Å². The molecule has 5 nitrogen and oxygen atoms in total. The van der Waals surface area contributed by atoms with Crippen molar-refractivity contribution in [3.05, 3.63) is 41.2 Å². The molecule has 0 spiro atoms. The first kappa shape index (κ1) is 14.0. The zero-order valence-electron chi connectivity index (χ0n) is 12.3. The molecule has 6 heteroatoms. The fourth-order valence-corrected chi connectivity index (χ4v) is 3.20. The molecule has 1 atom stereocenters. The Kier molecular flexibility index (Phi) is 3.65. The number of methoxy groups -OCH3 is 1. The SMILES string of the molecule is COc1cnn(C(C)C)c1C(N)c1cnc2ccsc2c1. The molecular formula is C15H18N4OS. The van der Waals surface area contributed by atoms with Crippen LogP contribution in [-0.4, -0.2) is 21.9 Å². The molecule has 0 aliphatic carbocycles. The van der Waals surface area contributed by atoms with E-state index >= 15 is 0 Å². The Labute approximate surface area is 127 Å². The lowest BCUT2D eigenvalue weighted by molar-refractivity contribution is 0.401. The van der Waals surface area contributed by atoms with E-state index in [1.807, 2.05) is 22.3 Å². The summed E-state index contributed by atoms with van der Waals surface area (Å²) in [7, 11) is 1.64. The highest BCUT2D eigenvalue weighted by atomic mass is 32.1. The van der Waals surface area contributed by atoms with Crippen LogP contribution in [0.3, 0.4) is 0 Å². The van der Waals surface area contributed by atoms with Crippen molar-refractivity contribution in [3.8, 4) is 5.75 Å². The van der Waals surface area contributed by atoms with E-state index in [0.717, 1.165) is 21.5 Å². The highest BCUT2D eigenvalue weighted by molar-refractivity contribution is 7.17. The number of aromatic nitrogens is 3. The fourth-order valence-electron chi connectivity index (χ4n) is 2.41. The van der Waals surface area contributed by atoms with Crippen molar-refractivity contribution in [2.75, 3.05) is 7.11 Å². The van der Waals surface area contributed by atoms with E-state index < -0.39 is 0 Å². The zero-order valence-corrected chi connectivity index (χ0v) is 13.1. The van der Waals surface area contributed by atoms with E-state index in [0.29, 0.717) is 5.75 Å². The van der Waals surface area contributed by atoms with Crippen molar-refractivity contribution in [1.29, 1.82) is 0 Å². The minimum atomic E-state index is -0.316. The van der Waals surface area contributed by atoms with Gasteiger partial charge in [0, 0.05) is 12.2 Å². The van der Waals surface area contributed by atoms with Gasteiger partial charge in [0.15, 0.2) is 5.75 Å². The van der Waals surface area contributed by atoms with Gasteiger partial charge < -0.3 is 10.5 Å². The summed E-state index contributed by atoms with van der Waals surface area (Å²) in [5, 5.41) is 6.41. The maximum absolute atomic E-state index is 6.46. The molecule has 0 saturated heterocycles. The van der Waals surface area contributed by atoms with Crippen molar-refractivity contribution < 1.29 is 4.74 Å².